The monoisotopic (exact) mass is 405 g/mol. The number of carboxylic acids is 1. The number of carbonyl (C=O) groups excluding carboxylic acids is 2. The van der Waals surface area contributed by atoms with E-state index in [2.05, 4.69) is 5.32 Å². The first-order valence-corrected chi connectivity index (χ1v) is 7.69. The molecule has 1 saturated carbocycles. The van der Waals surface area contributed by atoms with Gasteiger partial charge in [-0.1, -0.05) is 0 Å². The zero-order chi connectivity index (χ0) is 19.7. The van der Waals surface area contributed by atoms with Crippen molar-refractivity contribution in [1.82, 2.24) is 0 Å². The Morgan fingerprint density at radius 1 is 0.852 bits per heavy atom. The second-order valence-electron chi connectivity index (χ2n) is 6.15. The predicted octanol–water partition coefficient (Wildman–Crippen LogP) is 0.223. The number of halogens is 6. The Kier molecular flexibility index (Phi) is 7.78. The molecule has 0 radical (unpaired) electrons. The van der Waals surface area contributed by atoms with Crippen molar-refractivity contribution < 1.29 is 70.6 Å². The van der Waals surface area contributed by atoms with Crippen LogP contribution in [0.3, 0.4) is 0 Å². The van der Waals surface area contributed by atoms with Gasteiger partial charge in [-0.2, -0.15) is 26.3 Å². The Morgan fingerprint density at radius 2 is 1.26 bits per heavy atom. The molecule has 1 aliphatic rings. The average Bonchev–Trinajstić information content (AvgIpc) is 2.53. The number of amides is 1. The second kappa shape index (κ2) is 8.83. The third-order valence-electron chi connectivity index (χ3n) is 4.29. The minimum Gasteiger partial charge on any atom is -0.550 e. The summed E-state index contributed by atoms with van der Waals surface area (Å²) < 4.78 is 76.8. The summed E-state index contributed by atoms with van der Waals surface area (Å²) in [5.41, 5.74) is -3.66. The topological polar surface area (TPSA) is 69.2 Å². The summed E-state index contributed by atoms with van der Waals surface area (Å²) in [7, 11) is 0. The Morgan fingerprint density at radius 3 is 1.63 bits per heavy atom. The number of rotatable bonds is 3. The molecule has 1 N–H and O–H groups in total. The molecule has 144 valence electrons. The largest absolute Gasteiger partial charge is 1.00 e. The van der Waals surface area contributed by atoms with Crippen molar-refractivity contribution in [2.45, 2.75) is 38.0 Å². The first-order chi connectivity index (χ1) is 11.9. The number of nitrogens with one attached hydrogen (secondary N) is 1. The first-order valence-electron chi connectivity index (χ1n) is 7.69. The number of carbonyl (C=O) groups is 2. The fraction of sp³-hybridized carbons (Fsp3) is 0.500. The van der Waals surface area contributed by atoms with E-state index in [4.69, 9.17) is 0 Å². The molecule has 0 heterocycles. The van der Waals surface area contributed by atoms with Crippen molar-refractivity contribution in [3.05, 3.63) is 29.3 Å². The molecular weight excluding hydrogens is 391 g/mol. The minimum atomic E-state index is -5.01. The summed E-state index contributed by atoms with van der Waals surface area (Å²) >= 11 is 0. The molecular formula is C16H14F6NNaO3. The molecule has 1 aliphatic carbocycles. The summed E-state index contributed by atoms with van der Waals surface area (Å²) in [6.45, 7) is 0. The van der Waals surface area contributed by atoms with Crippen LogP contribution < -0.4 is 40.0 Å². The van der Waals surface area contributed by atoms with Gasteiger partial charge in [0.05, 0.1) is 11.1 Å². The number of carboxylic acid groups (broad SMARTS) is 1. The zero-order valence-electron chi connectivity index (χ0n) is 14.2. The van der Waals surface area contributed by atoms with Gasteiger partial charge in [0.25, 0.3) is 0 Å². The van der Waals surface area contributed by atoms with Gasteiger partial charge in [-0.3, -0.25) is 4.79 Å². The van der Waals surface area contributed by atoms with E-state index < -0.39 is 52.9 Å². The molecule has 4 nitrogen and oxygen atoms in total. The van der Waals surface area contributed by atoms with Crippen molar-refractivity contribution in [2.75, 3.05) is 5.32 Å². The van der Waals surface area contributed by atoms with E-state index in [0.717, 1.165) is 0 Å². The molecule has 0 saturated heterocycles. The quantitative estimate of drug-likeness (QED) is 0.578. The van der Waals surface area contributed by atoms with Crippen LogP contribution in [0.1, 0.15) is 36.8 Å². The third-order valence-corrected chi connectivity index (χ3v) is 4.29. The molecule has 11 heteroatoms. The minimum absolute atomic E-state index is 0. The van der Waals surface area contributed by atoms with Crippen LogP contribution >= 0.6 is 0 Å². The summed E-state index contributed by atoms with van der Waals surface area (Å²) in [6.07, 6.45) is -9.36. The van der Waals surface area contributed by atoms with Gasteiger partial charge in [0.15, 0.2) is 0 Å². The first kappa shape index (κ1) is 23.8. The number of aliphatic carboxylic acids is 1. The van der Waals surface area contributed by atoms with Gasteiger partial charge in [-0.05, 0) is 49.8 Å². The Balaban J connectivity index is 0.00000364. The van der Waals surface area contributed by atoms with Crippen LogP contribution in [-0.2, 0) is 21.9 Å². The van der Waals surface area contributed by atoms with E-state index in [1.807, 2.05) is 0 Å². The van der Waals surface area contributed by atoms with Crippen molar-refractivity contribution in [1.29, 1.82) is 0 Å². The Hall–Kier alpha value is -1.26. The molecule has 0 unspecified atom stereocenters. The molecule has 0 spiro atoms. The van der Waals surface area contributed by atoms with E-state index in [-0.39, 0.29) is 61.3 Å². The molecule has 2 rings (SSSR count). The molecule has 0 aromatic heterocycles. The van der Waals surface area contributed by atoms with Crippen LogP contribution in [0.2, 0.25) is 0 Å². The average molecular weight is 405 g/mol. The molecule has 27 heavy (non-hydrogen) atoms. The van der Waals surface area contributed by atoms with E-state index in [9.17, 15) is 41.0 Å². The third kappa shape index (κ3) is 6.39. The summed E-state index contributed by atoms with van der Waals surface area (Å²) in [4.78, 5) is 22.9. The fourth-order valence-corrected chi connectivity index (χ4v) is 2.86. The maximum atomic E-state index is 12.8. The van der Waals surface area contributed by atoms with E-state index >= 15 is 0 Å². The zero-order valence-corrected chi connectivity index (χ0v) is 16.2. The van der Waals surface area contributed by atoms with Gasteiger partial charge >= 0.3 is 41.9 Å². The molecule has 1 aromatic carbocycles. The standard InChI is InChI=1S/C16H15F6NO3.Na/c17-15(18,19)10-5-11(16(20,21)22)7-12(6-10)23-13(24)8-1-3-9(4-2-8)14(25)26;/h5-9H,1-4H2,(H,23,24)(H,25,26);/q;+1/p-1. The number of alkyl halides is 6. The maximum absolute atomic E-state index is 12.8. The Labute approximate surface area is 172 Å². The van der Waals surface area contributed by atoms with E-state index in [1.165, 1.54) is 0 Å². The molecule has 1 amide bonds. The van der Waals surface area contributed by atoms with Gasteiger partial charge in [-0.25, -0.2) is 0 Å². The molecule has 1 aromatic rings. The van der Waals surface area contributed by atoms with Crippen molar-refractivity contribution in [3.8, 4) is 0 Å². The number of benzene rings is 1. The van der Waals surface area contributed by atoms with Crippen LogP contribution in [0.4, 0.5) is 32.0 Å². The van der Waals surface area contributed by atoms with Crippen molar-refractivity contribution >= 4 is 17.6 Å². The fourth-order valence-electron chi connectivity index (χ4n) is 2.86. The van der Waals surface area contributed by atoms with Crippen LogP contribution in [-0.4, -0.2) is 11.9 Å². The van der Waals surface area contributed by atoms with Gasteiger partial charge < -0.3 is 15.2 Å². The summed E-state index contributed by atoms with van der Waals surface area (Å²) in [6, 6.07) is 0.834. The molecule has 1 fully saturated rings. The maximum Gasteiger partial charge on any atom is 1.00 e. The summed E-state index contributed by atoms with van der Waals surface area (Å²) in [5, 5.41) is 12.8. The van der Waals surface area contributed by atoms with Crippen LogP contribution in [0.15, 0.2) is 18.2 Å². The van der Waals surface area contributed by atoms with Gasteiger partial charge in [0.2, 0.25) is 5.91 Å². The SMILES string of the molecule is O=C([O-])C1CCC(C(=O)Nc2cc(C(F)(F)F)cc(C(F)(F)F)c2)CC1.[Na+]. The van der Waals surface area contributed by atoms with Crippen LogP contribution in [0, 0.1) is 11.8 Å². The Bertz CT molecular complexity index is 664. The summed E-state index contributed by atoms with van der Waals surface area (Å²) in [5.74, 6) is -3.37. The predicted molar refractivity (Wildman–Crippen MR) is 75.5 cm³/mol. The smallest absolute Gasteiger partial charge is 0.550 e. The van der Waals surface area contributed by atoms with E-state index in [1.54, 1.807) is 0 Å². The normalized spacial score (nSPS) is 20.5. The van der Waals surface area contributed by atoms with E-state index in [0.29, 0.717) is 12.1 Å². The van der Waals surface area contributed by atoms with Crippen molar-refractivity contribution in [2.24, 2.45) is 11.8 Å². The molecule has 0 atom stereocenters. The van der Waals surface area contributed by atoms with Gasteiger partial charge in [0.1, 0.15) is 0 Å². The van der Waals surface area contributed by atoms with Crippen molar-refractivity contribution in [3.63, 3.8) is 0 Å². The number of hydrogen-bond acceptors (Lipinski definition) is 3. The number of hydrogen-bond donors (Lipinski definition) is 1. The van der Waals surface area contributed by atoms with Gasteiger partial charge in [0, 0.05) is 17.6 Å². The van der Waals surface area contributed by atoms with Crippen LogP contribution in [0.25, 0.3) is 0 Å². The second-order valence-corrected chi connectivity index (χ2v) is 6.15. The van der Waals surface area contributed by atoms with Crippen LogP contribution in [0.5, 0.6) is 0 Å². The molecule has 0 bridgehead atoms. The molecule has 0 aliphatic heterocycles. The number of anilines is 1. The van der Waals surface area contributed by atoms with Gasteiger partial charge in [-0.15, -0.1) is 0 Å².